The Balaban J connectivity index is 2.18. The zero-order valence-corrected chi connectivity index (χ0v) is 39.7. The smallest absolute Gasteiger partial charge is 0.408 e. The van der Waals surface area contributed by atoms with E-state index in [1.54, 1.807) is 87.4 Å². The first-order chi connectivity index (χ1) is 26.8. The van der Waals surface area contributed by atoms with Gasteiger partial charge >= 0.3 is 18.0 Å². The van der Waals surface area contributed by atoms with Gasteiger partial charge in [0.25, 0.3) is 5.91 Å². The normalized spacial score (nSPS) is 15.0. The summed E-state index contributed by atoms with van der Waals surface area (Å²) in [5.41, 5.74) is -1.93. The van der Waals surface area contributed by atoms with Gasteiger partial charge in [0, 0.05) is 64.0 Å². The summed E-state index contributed by atoms with van der Waals surface area (Å²) in [6.45, 7) is 28.0. The molecule has 3 amide bonds. The highest BCUT2D eigenvalue weighted by molar-refractivity contribution is 8.13. The summed E-state index contributed by atoms with van der Waals surface area (Å²) >= 11 is 1.01. The number of hydrogen-bond acceptors (Lipinski definition) is 13. The fraction of sp³-hybridized carbons (Fsp3) is 0.714. The Morgan fingerprint density at radius 1 is 0.797 bits per heavy atom. The molecule has 0 saturated heterocycles. The number of nitrogens with one attached hydrogen (secondary N) is 3. The van der Waals surface area contributed by atoms with E-state index in [0.29, 0.717) is 22.8 Å². The topological polar surface area (TPSA) is 194 Å². The molecular formula is C42H69N3O12SSi. The number of benzene rings is 1. The van der Waals surface area contributed by atoms with Crippen molar-refractivity contribution in [1.29, 1.82) is 0 Å². The van der Waals surface area contributed by atoms with E-state index in [2.05, 4.69) is 49.8 Å². The number of amides is 3. The number of hydrogen-bond donors (Lipinski definition) is 3. The summed E-state index contributed by atoms with van der Waals surface area (Å²) in [6, 6.07) is 3.90. The average Bonchev–Trinajstić information content (AvgIpc) is 3.37. The van der Waals surface area contributed by atoms with E-state index < -0.39 is 66.8 Å². The van der Waals surface area contributed by atoms with Gasteiger partial charge in [0.1, 0.15) is 17.2 Å². The van der Waals surface area contributed by atoms with Crippen LogP contribution in [0, 0.1) is 5.41 Å². The number of thioether (sulfide) groups is 1. The first-order valence-corrected chi connectivity index (χ1v) is 24.0. The van der Waals surface area contributed by atoms with E-state index in [1.807, 2.05) is 0 Å². The van der Waals surface area contributed by atoms with Crippen LogP contribution in [0.25, 0.3) is 0 Å². The summed E-state index contributed by atoms with van der Waals surface area (Å²) in [6.07, 6.45) is -2.36. The second-order valence-electron chi connectivity index (χ2n) is 19.3. The van der Waals surface area contributed by atoms with Crippen LogP contribution < -0.4 is 25.4 Å². The summed E-state index contributed by atoms with van der Waals surface area (Å²) < 4.78 is 34.9. The Bertz CT molecular complexity index is 1660. The molecule has 3 N–H and O–H groups in total. The minimum atomic E-state index is -2.32. The van der Waals surface area contributed by atoms with Crippen LogP contribution in [0.2, 0.25) is 18.1 Å². The lowest BCUT2D eigenvalue weighted by Crippen LogP contribution is -2.54. The van der Waals surface area contributed by atoms with Crippen molar-refractivity contribution in [2.24, 2.45) is 5.41 Å². The molecule has 15 nitrogen and oxygen atoms in total. The van der Waals surface area contributed by atoms with Crippen molar-refractivity contribution in [3.63, 3.8) is 0 Å². The van der Waals surface area contributed by atoms with Gasteiger partial charge in [-0.1, -0.05) is 52.4 Å². The Labute approximate surface area is 355 Å². The molecule has 1 aliphatic heterocycles. The largest absolute Gasteiger partial charge is 0.460 e. The van der Waals surface area contributed by atoms with Gasteiger partial charge in [-0.25, -0.2) is 9.59 Å². The van der Waals surface area contributed by atoms with Gasteiger partial charge in [0.15, 0.2) is 31.0 Å². The lowest BCUT2D eigenvalue weighted by atomic mass is 9.86. The maximum absolute atomic E-state index is 14.1. The number of alkyl carbamates (subject to hydrolysis) is 1. The maximum Gasteiger partial charge on any atom is 0.408 e. The molecule has 0 aromatic heterocycles. The molecule has 0 unspecified atom stereocenters. The second kappa shape index (κ2) is 20.6. The van der Waals surface area contributed by atoms with Gasteiger partial charge in [0.05, 0.1) is 6.42 Å². The molecule has 334 valence electrons. The minimum absolute atomic E-state index is 0.0237. The Hall–Kier alpha value is -3.83. The fourth-order valence-electron chi connectivity index (χ4n) is 5.20. The average molecular weight is 868 g/mol. The van der Waals surface area contributed by atoms with Crippen LogP contribution in [0.4, 0.5) is 4.79 Å². The number of rotatable bonds is 19. The van der Waals surface area contributed by atoms with E-state index in [0.717, 1.165) is 11.8 Å². The van der Waals surface area contributed by atoms with E-state index in [9.17, 15) is 28.8 Å². The fourth-order valence-corrected chi connectivity index (χ4v) is 7.05. The van der Waals surface area contributed by atoms with Crippen LogP contribution in [0.15, 0.2) is 18.2 Å². The molecule has 17 heteroatoms. The van der Waals surface area contributed by atoms with Crippen molar-refractivity contribution in [3.8, 4) is 11.5 Å². The third kappa shape index (κ3) is 18.5. The van der Waals surface area contributed by atoms with Crippen molar-refractivity contribution in [2.45, 2.75) is 163 Å². The molecule has 0 spiro atoms. The van der Waals surface area contributed by atoms with E-state index in [-0.39, 0.29) is 61.4 Å². The predicted molar refractivity (Wildman–Crippen MR) is 229 cm³/mol. The molecule has 2 atom stereocenters. The number of fused-ring (bicyclic) bond motifs is 1. The lowest BCUT2D eigenvalue weighted by molar-refractivity contribution is -0.166. The number of esters is 2. The van der Waals surface area contributed by atoms with E-state index >= 15 is 0 Å². The number of carbonyl (C=O) groups is 6. The van der Waals surface area contributed by atoms with Gasteiger partial charge < -0.3 is 44.1 Å². The molecule has 0 fully saturated rings. The highest BCUT2D eigenvalue weighted by Gasteiger charge is 2.44. The molecule has 1 aromatic rings. The van der Waals surface area contributed by atoms with Gasteiger partial charge in [-0.05, 0) is 77.4 Å². The maximum atomic E-state index is 14.1. The van der Waals surface area contributed by atoms with E-state index in [1.165, 1.54) is 0 Å². The Kier molecular flexibility index (Phi) is 17.9. The van der Waals surface area contributed by atoms with Crippen molar-refractivity contribution in [2.75, 3.05) is 25.4 Å². The van der Waals surface area contributed by atoms with Crippen molar-refractivity contribution < 1.29 is 56.9 Å². The number of ether oxygens (including phenoxy) is 5. The monoisotopic (exact) mass is 867 g/mol. The van der Waals surface area contributed by atoms with E-state index in [4.69, 9.17) is 28.1 Å². The molecule has 0 radical (unpaired) electrons. The summed E-state index contributed by atoms with van der Waals surface area (Å²) in [5, 5.41) is 7.75. The summed E-state index contributed by atoms with van der Waals surface area (Å²) in [7, 11) is -2.32. The molecular weight excluding hydrogens is 799 g/mol. The minimum Gasteiger partial charge on any atom is -0.460 e. The Morgan fingerprint density at radius 3 is 2.00 bits per heavy atom. The predicted octanol–water partition coefficient (Wildman–Crippen LogP) is 6.59. The SMILES string of the molecule is CC(C)(C)OC(=O)CCC(=O)SCCNC(=O)CCNC(=O)[C@H](OC(=O)[C@H](Cc1ccc2c(c1)OC(C)(C)O2)NC(=O)OC(C)(C)C)C(C)(C)CO[Si](C)(C)C(C)(C)C. The quantitative estimate of drug-likeness (QED) is 0.0584. The van der Waals surface area contributed by atoms with Crippen LogP contribution in [0.5, 0.6) is 11.5 Å². The Morgan fingerprint density at radius 2 is 1.41 bits per heavy atom. The van der Waals surface area contributed by atoms with Gasteiger partial charge in [-0.2, -0.15) is 0 Å². The van der Waals surface area contributed by atoms with Gasteiger partial charge in [-0.15, -0.1) is 0 Å². The van der Waals surface area contributed by atoms with Crippen molar-refractivity contribution in [3.05, 3.63) is 23.8 Å². The third-order valence-corrected chi connectivity index (χ3v) is 14.6. The first kappa shape index (κ1) is 51.3. The molecule has 1 aliphatic rings. The summed E-state index contributed by atoms with van der Waals surface area (Å²) in [4.78, 5) is 77.9. The van der Waals surface area contributed by atoms with Crippen LogP contribution >= 0.6 is 11.8 Å². The molecule has 0 bridgehead atoms. The standard InChI is InChI=1S/C42H69N3O12SSi/c1-38(2,3)56-32(47)18-19-33(48)58-23-22-43-31(46)20-21-44-35(49)34(41(10,11)26-52-59(14,15)40(7,8)9)53-36(50)28(45-37(51)57-39(4,5)6)24-27-16-17-29-30(25-27)55-42(12,13)54-29/h16-17,25,28,34H,18-24,26H2,1-15H3,(H,43,46)(H,44,49)(H,45,51)/t28-,34-/m0/s1. The summed E-state index contributed by atoms with van der Waals surface area (Å²) in [5.74, 6) is -1.92. The lowest BCUT2D eigenvalue weighted by Gasteiger charge is -2.40. The van der Waals surface area contributed by atoms with Gasteiger partial charge in [0.2, 0.25) is 11.7 Å². The molecule has 59 heavy (non-hydrogen) atoms. The highest BCUT2D eigenvalue weighted by atomic mass is 32.2. The zero-order chi connectivity index (χ0) is 45.2. The van der Waals surface area contributed by atoms with Crippen molar-refractivity contribution >= 4 is 55.0 Å². The zero-order valence-electron chi connectivity index (χ0n) is 37.9. The van der Waals surface area contributed by atoms with Gasteiger partial charge in [-0.3, -0.25) is 19.2 Å². The highest BCUT2D eigenvalue weighted by Crippen LogP contribution is 2.40. The van der Waals surface area contributed by atoms with Crippen LogP contribution in [-0.2, 0) is 49.0 Å². The molecule has 0 saturated carbocycles. The molecule has 2 rings (SSSR count). The molecule has 0 aliphatic carbocycles. The van der Waals surface area contributed by atoms with Crippen LogP contribution in [-0.4, -0.2) is 97.9 Å². The van der Waals surface area contributed by atoms with Crippen LogP contribution in [0.1, 0.15) is 115 Å². The van der Waals surface area contributed by atoms with Crippen LogP contribution in [0.3, 0.4) is 0 Å². The molecule has 1 heterocycles. The third-order valence-electron chi connectivity index (χ3n) is 9.22. The molecule has 1 aromatic carbocycles. The van der Waals surface area contributed by atoms with Crippen molar-refractivity contribution in [1.82, 2.24) is 16.0 Å². The second-order valence-corrected chi connectivity index (χ2v) is 25.3. The first-order valence-electron chi connectivity index (χ1n) is 20.1. The number of carbonyl (C=O) groups excluding carboxylic acids is 6.